The molecule has 0 aliphatic rings. The summed E-state index contributed by atoms with van der Waals surface area (Å²) in [5.41, 5.74) is 0.525. The second kappa shape index (κ2) is 7.77. The summed E-state index contributed by atoms with van der Waals surface area (Å²) in [5.74, 6) is -0.650. The highest BCUT2D eigenvalue weighted by molar-refractivity contribution is 7.89. The second-order valence-corrected chi connectivity index (χ2v) is 7.51. The van der Waals surface area contributed by atoms with Crippen LogP contribution in [-0.4, -0.2) is 34.0 Å². The third-order valence-electron chi connectivity index (χ3n) is 4.11. The lowest BCUT2D eigenvalue weighted by atomic mass is 10.1. The van der Waals surface area contributed by atoms with E-state index in [2.05, 4.69) is 15.4 Å². The van der Waals surface area contributed by atoms with Gasteiger partial charge >= 0.3 is 0 Å². The number of primary sulfonamides is 1. The molecule has 0 unspecified atom stereocenters. The minimum Gasteiger partial charge on any atom is -0.322 e. The lowest BCUT2D eigenvalue weighted by Crippen LogP contribution is -2.17. The maximum absolute atomic E-state index is 12.6. The number of nitrogens with two attached hydrogens (primary N) is 1. The molecular formula is C17H16N6O5S. The SMILES string of the molecule is CCc1ccc(NC(=O)c2ccc(-n3cncn3)c([N+](=O)[O-])c2)cc1S(N)(=O)=O. The van der Waals surface area contributed by atoms with Crippen LogP contribution in [0.15, 0.2) is 53.9 Å². The molecule has 0 radical (unpaired) electrons. The van der Waals surface area contributed by atoms with Crippen LogP contribution in [0.2, 0.25) is 0 Å². The Balaban J connectivity index is 1.94. The second-order valence-electron chi connectivity index (χ2n) is 5.98. The van der Waals surface area contributed by atoms with Gasteiger partial charge in [0.05, 0.1) is 9.82 Å². The largest absolute Gasteiger partial charge is 0.322 e. The van der Waals surface area contributed by atoms with E-state index in [4.69, 9.17) is 5.14 Å². The Hall–Kier alpha value is -3.64. The third kappa shape index (κ3) is 4.28. The van der Waals surface area contributed by atoms with Gasteiger partial charge in [-0.15, -0.1) is 0 Å². The fourth-order valence-corrected chi connectivity index (χ4v) is 3.60. The number of hydrogen-bond donors (Lipinski definition) is 2. The molecule has 0 saturated carbocycles. The molecule has 0 spiro atoms. The van der Waals surface area contributed by atoms with Gasteiger partial charge in [-0.1, -0.05) is 13.0 Å². The number of amides is 1. The number of anilines is 1. The monoisotopic (exact) mass is 416 g/mol. The van der Waals surface area contributed by atoms with Crippen LogP contribution < -0.4 is 10.5 Å². The number of nitro groups is 1. The summed E-state index contributed by atoms with van der Waals surface area (Å²) >= 11 is 0. The molecule has 0 bridgehead atoms. The fraction of sp³-hybridized carbons (Fsp3) is 0.118. The number of nitrogens with one attached hydrogen (secondary N) is 1. The van der Waals surface area contributed by atoms with E-state index >= 15 is 0 Å². The number of carbonyl (C=O) groups excluding carboxylic acids is 1. The number of carbonyl (C=O) groups is 1. The van der Waals surface area contributed by atoms with E-state index in [0.29, 0.717) is 12.0 Å². The van der Waals surface area contributed by atoms with E-state index in [9.17, 15) is 23.3 Å². The molecule has 0 saturated heterocycles. The van der Waals surface area contributed by atoms with Crippen molar-refractivity contribution in [2.24, 2.45) is 5.14 Å². The average molecular weight is 416 g/mol. The average Bonchev–Trinajstić information content (AvgIpc) is 3.21. The number of benzene rings is 2. The molecule has 29 heavy (non-hydrogen) atoms. The van der Waals surface area contributed by atoms with E-state index in [-0.39, 0.29) is 27.5 Å². The van der Waals surface area contributed by atoms with E-state index < -0.39 is 20.9 Å². The van der Waals surface area contributed by atoms with Gasteiger partial charge < -0.3 is 5.32 Å². The van der Waals surface area contributed by atoms with Crippen molar-refractivity contribution in [2.75, 3.05) is 5.32 Å². The molecule has 2 aromatic carbocycles. The van der Waals surface area contributed by atoms with Gasteiger partial charge in [-0.2, -0.15) is 5.10 Å². The molecule has 0 fully saturated rings. The Morgan fingerprint density at radius 1 is 1.28 bits per heavy atom. The highest BCUT2D eigenvalue weighted by Gasteiger charge is 2.20. The fourth-order valence-electron chi connectivity index (χ4n) is 2.73. The quantitative estimate of drug-likeness (QED) is 0.455. The van der Waals surface area contributed by atoms with Crippen molar-refractivity contribution in [3.8, 4) is 5.69 Å². The zero-order chi connectivity index (χ0) is 21.2. The summed E-state index contributed by atoms with van der Waals surface area (Å²) in [4.78, 5) is 27.0. The maximum atomic E-state index is 12.6. The normalized spacial score (nSPS) is 11.2. The van der Waals surface area contributed by atoms with Gasteiger partial charge in [0.1, 0.15) is 18.3 Å². The van der Waals surface area contributed by atoms with Crippen LogP contribution in [0, 0.1) is 10.1 Å². The van der Waals surface area contributed by atoms with Crippen LogP contribution >= 0.6 is 0 Å². The number of hydrogen-bond acceptors (Lipinski definition) is 7. The van der Waals surface area contributed by atoms with E-state index in [0.717, 1.165) is 6.07 Å². The van der Waals surface area contributed by atoms with Crippen LogP contribution in [0.25, 0.3) is 5.69 Å². The lowest BCUT2D eigenvalue weighted by molar-refractivity contribution is -0.384. The minimum atomic E-state index is -3.97. The van der Waals surface area contributed by atoms with Gasteiger partial charge in [0.15, 0.2) is 0 Å². The summed E-state index contributed by atoms with van der Waals surface area (Å²) in [6.07, 6.45) is 2.97. The molecule has 11 nitrogen and oxygen atoms in total. The first-order chi connectivity index (χ1) is 13.7. The van der Waals surface area contributed by atoms with Crippen molar-refractivity contribution in [3.05, 3.63) is 70.3 Å². The molecule has 0 aliphatic heterocycles. The third-order valence-corrected chi connectivity index (χ3v) is 5.11. The Kier molecular flexibility index (Phi) is 5.39. The molecule has 1 heterocycles. The van der Waals surface area contributed by atoms with Crippen LogP contribution in [0.3, 0.4) is 0 Å². The summed E-state index contributed by atoms with van der Waals surface area (Å²) in [6.45, 7) is 1.78. The standard InChI is InChI=1S/C17H16N6O5S/c1-2-11-3-5-13(8-16(11)29(18,27)28)21-17(24)12-4-6-14(15(7-12)23(25)26)22-10-19-9-20-22/h3-10H,2H2,1H3,(H,21,24)(H2,18,27,28). The molecule has 1 amide bonds. The number of nitro benzene ring substituents is 1. The first-order valence-electron chi connectivity index (χ1n) is 8.31. The van der Waals surface area contributed by atoms with Gasteiger partial charge in [0, 0.05) is 17.3 Å². The molecule has 0 aliphatic carbocycles. The molecular weight excluding hydrogens is 400 g/mol. The molecule has 1 aromatic heterocycles. The first kappa shape index (κ1) is 20.1. The van der Waals surface area contributed by atoms with Crippen LogP contribution in [0.4, 0.5) is 11.4 Å². The number of rotatable bonds is 6. The van der Waals surface area contributed by atoms with Gasteiger partial charge in [-0.05, 0) is 36.2 Å². The zero-order valence-electron chi connectivity index (χ0n) is 15.1. The van der Waals surface area contributed by atoms with Crippen LogP contribution in [-0.2, 0) is 16.4 Å². The van der Waals surface area contributed by atoms with Crippen molar-refractivity contribution >= 4 is 27.3 Å². The first-order valence-corrected chi connectivity index (χ1v) is 9.86. The van der Waals surface area contributed by atoms with Crippen molar-refractivity contribution in [1.82, 2.24) is 14.8 Å². The Bertz CT molecular complexity index is 1190. The van der Waals surface area contributed by atoms with E-state index in [1.54, 1.807) is 13.0 Å². The number of aryl methyl sites for hydroxylation is 1. The highest BCUT2D eigenvalue weighted by Crippen LogP contribution is 2.25. The minimum absolute atomic E-state index is 0.0114. The van der Waals surface area contributed by atoms with E-state index in [1.807, 2.05) is 0 Å². The Morgan fingerprint density at radius 2 is 2.03 bits per heavy atom. The molecule has 150 valence electrons. The molecule has 0 atom stereocenters. The zero-order valence-corrected chi connectivity index (χ0v) is 16.0. The predicted octanol–water partition coefficient (Wildman–Crippen LogP) is 1.64. The summed E-state index contributed by atoms with van der Waals surface area (Å²) in [5, 5.41) is 23.0. The van der Waals surface area contributed by atoms with Gasteiger partial charge in [-0.3, -0.25) is 14.9 Å². The van der Waals surface area contributed by atoms with Crippen molar-refractivity contribution in [1.29, 1.82) is 0 Å². The van der Waals surface area contributed by atoms with Crippen molar-refractivity contribution in [2.45, 2.75) is 18.2 Å². The van der Waals surface area contributed by atoms with Gasteiger partial charge in [-0.25, -0.2) is 23.2 Å². The molecule has 3 rings (SSSR count). The molecule has 3 aromatic rings. The summed E-state index contributed by atoms with van der Waals surface area (Å²) in [6, 6.07) is 8.20. The van der Waals surface area contributed by atoms with Crippen molar-refractivity contribution in [3.63, 3.8) is 0 Å². The maximum Gasteiger partial charge on any atom is 0.295 e. The Morgan fingerprint density at radius 3 is 2.62 bits per heavy atom. The van der Waals surface area contributed by atoms with Gasteiger partial charge in [0.2, 0.25) is 10.0 Å². The van der Waals surface area contributed by atoms with Gasteiger partial charge in [0.25, 0.3) is 11.6 Å². The number of nitrogens with zero attached hydrogens (tertiary/aromatic N) is 4. The van der Waals surface area contributed by atoms with E-state index in [1.165, 1.54) is 41.6 Å². The lowest BCUT2D eigenvalue weighted by Gasteiger charge is -2.11. The Labute approximate surface area is 165 Å². The summed E-state index contributed by atoms with van der Waals surface area (Å²) < 4.78 is 24.7. The number of sulfonamides is 1. The smallest absolute Gasteiger partial charge is 0.295 e. The number of aromatic nitrogens is 3. The van der Waals surface area contributed by atoms with Crippen LogP contribution in [0.5, 0.6) is 0 Å². The molecule has 12 heteroatoms. The topological polar surface area (TPSA) is 163 Å². The predicted molar refractivity (Wildman–Crippen MR) is 103 cm³/mol. The van der Waals surface area contributed by atoms with Crippen LogP contribution in [0.1, 0.15) is 22.8 Å². The summed E-state index contributed by atoms with van der Waals surface area (Å²) in [7, 11) is -3.97. The van der Waals surface area contributed by atoms with Crippen molar-refractivity contribution < 1.29 is 18.1 Å². The molecule has 3 N–H and O–H groups in total. The highest BCUT2D eigenvalue weighted by atomic mass is 32.2.